The van der Waals surface area contributed by atoms with E-state index < -0.39 is 17.8 Å². The first-order valence-electron chi connectivity index (χ1n) is 8.34. The van der Waals surface area contributed by atoms with Crippen LogP contribution in [0.25, 0.3) is 0 Å². The molecule has 0 spiro atoms. The van der Waals surface area contributed by atoms with Crippen molar-refractivity contribution in [1.29, 1.82) is 0 Å². The molecule has 138 valence electrons. The molecule has 1 heterocycles. The molecule has 26 heavy (non-hydrogen) atoms. The number of hydrogen-bond donors (Lipinski definition) is 2. The Kier molecular flexibility index (Phi) is 5.27. The molecule has 0 bridgehead atoms. The summed E-state index contributed by atoms with van der Waals surface area (Å²) in [6.07, 6.45) is 0. The van der Waals surface area contributed by atoms with Crippen LogP contribution in [0.3, 0.4) is 0 Å². The van der Waals surface area contributed by atoms with Crippen LogP contribution in [0.2, 0.25) is 0 Å². The third-order valence-electron chi connectivity index (χ3n) is 4.58. The number of hydrogen-bond acceptors (Lipinski definition) is 5. The largest absolute Gasteiger partial charge is 0.506 e. The number of carboxylic acids is 1. The molecule has 0 aliphatic carbocycles. The number of carboxylic acid groups (broad SMARTS) is 1. The first-order valence-corrected chi connectivity index (χ1v) is 8.34. The molecule has 2 N–H and O–H groups in total. The number of methoxy groups -OCH3 is 1. The van der Waals surface area contributed by atoms with Crippen molar-refractivity contribution in [1.82, 2.24) is 4.90 Å². The molecule has 1 fully saturated rings. The fourth-order valence-corrected chi connectivity index (χ4v) is 3.32. The molecule has 0 radical (unpaired) electrons. The summed E-state index contributed by atoms with van der Waals surface area (Å²) in [5, 5.41) is 19.7. The third-order valence-corrected chi connectivity index (χ3v) is 4.58. The lowest BCUT2D eigenvalue weighted by Gasteiger charge is -2.39. The van der Waals surface area contributed by atoms with Gasteiger partial charge in [0.25, 0.3) is 0 Å². The Morgan fingerprint density at radius 2 is 1.85 bits per heavy atom. The monoisotopic (exact) mass is 360 g/mol. The molecule has 1 aliphatic rings. The van der Waals surface area contributed by atoms with E-state index in [4.69, 9.17) is 4.74 Å². The summed E-state index contributed by atoms with van der Waals surface area (Å²) in [6.45, 7) is 2.08. The Labute approximate surface area is 151 Å². The summed E-state index contributed by atoms with van der Waals surface area (Å²) in [5.74, 6) is -1.07. The minimum Gasteiger partial charge on any atom is -0.506 e. The maximum Gasteiger partial charge on any atom is 0.325 e. The maximum absolute atomic E-state index is 13.8. The zero-order valence-electron chi connectivity index (χ0n) is 14.4. The number of phenolic OH excluding ortho intramolecular Hbond substituents is 1. The predicted molar refractivity (Wildman–Crippen MR) is 95.2 cm³/mol. The van der Waals surface area contributed by atoms with Gasteiger partial charge in [0.05, 0.1) is 12.8 Å². The van der Waals surface area contributed by atoms with Gasteiger partial charge in [-0.25, -0.2) is 4.39 Å². The summed E-state index contributed by atoms with van der Waals surface area (Å²) in [7, 11) is 1.42. The summed E-state index contributed by atoms with van der Waals surface area (Å²) in [6, 6.07) is 10.1. The Balaban J connectivity index is 1.78. The maximum atomic E-state index is 13.8. The van der Waals surface area contributed by atoms with Crippen molar-refractivity contribution in [2.75, 3.05) is 38.2 Å². The van der Waals surface area contributed by atoms with E-state index >= 15 is 0 Å². The molecule has 2 aromatic carbocycles. The highest BCUT2D eigenvalue weighted by Crippen LogP contribution is 2.30. The van der Waals surface area contributed by atoms with Gasteiger partial charge >= 0.3 is 5.97 Å². The molecular weight excluding hydrogens is 339 g/mol. The van der Waals surface area contributed by atoms with Crippen LogP contribution in [-0.4, -0.2) is 54.4 Å². The second kappa shape index (κ2) is 7.61. The van der Waals surface area contributed by atoms with E-state index in [2.05, 4.69) is 0 Å². The van der Waals surface area contributed by atoms with Crippen molar-refractivity contribution in [3.8, 4) is 11.5 Å². The molecule has 0 aromatic heterocycles. The van der Waals surface area contributed by atoms with Crippen LogP contribution in [0.4, 0.5) is 10.1 Å². The van der Waals surface area contributed by atoms with Gasteiger partial charge in [-0.15, -0.1) is 0 Å². The fourth-order valence-electron chi connectivity index (χ4n) is 3.32. The van der Waals surface area contributed by atoms with Gasteiger partial charge < -0.3 is 19.8 Å². The molecular formula is C19H21FN2O4. The van der Waals surface area contributed by atoms with Crippen LogP contribution in [0, 0.1) is 5.82 Å². The van der Waals surface area contributed by atoms with Crippen molar-refractivity contribution < 1.29 is 24.1 Å². The lowest BCUT2D eigenvalue weighted by molar-refractivity contribution is -0.143. The van der Waals surface area contributed by atoms with Gasteiger partial charge in [-0.1, -0.05) is 12.1 Å². The molecule has 0 saturated carbocycles. The van der Waals surface area contributed by atoms with Crippen molar-refractivity contribution >= 4 is 11.7 Å². The zero-order chi connectivity index (χ0) is 18.7. The SMILES string of the molecule is COc1cc(F)cc(C(C(=O)O)N2CCN(c3ccccc3O)CC2)c1. The summed E-state index contributed by atoms with van der Waals surface area (Å²) in [5.41, 5.74) is 1.08. The smallest absolute Gasteiger partial charge is 0.325 e. The molecule has 6 nitrogen and oxygen atoms in total. The number of para-hydroxylation sites is 2. The van der Waals surface area contributed by atoms with Gasteiger partial charge in [-0.3, -0.25) is 9.69 Å². The highest BCUT2D eigenvalue weighted by atomic mass is 19.1. The van der Waals surface area contributed by atoms with Crippen molar-refractivity contribution in [3.05, 3.63) is 53.8 Å². The van der Waals surface area contributed by atoms with E-state index in [-0.39, 0.29) is 5.75 Å². The number of carbonyl (C=O) groups is 1. The van der Waals surface area contributed by atoms with Gasteiger partial charge in [0.1, 0.15) is 23.4 Å². The molecule has 3 rings (SSSR count). The second-order valence-electron chi connectivity index (χ2n) is 6.18. The van der Waals surface area contributed by atoms with E-state index in [1.54, 1.807) is 23.1 Å². The standard InChI is InChI=1S/C19H21FN2O4/c1-26-15-11-13(10-14(20)12-15)18(19(24)25)22-8-6-21(7-9-22)16-4-2-3-5-17(16)23/h2-5,10-12,18,23H,6-9H2,1H3,(H,24,25). The molecule has 1 atom stereocenters. The van der Waals surface area contributed by atoms with Crippen LogP contribution < -0.4 is 9.64 Å². The first kappa shape index (κ1) is 18.0. The number of ether oxygens (including phenoxy) is 1. The average molecular weight is 360 g/mol. The van der Waals surface area contributed by atoms with Crippen LogP contribution >= 0.6 is 0 Å². The average Bonchev–Trinajstić information content (AvgIpc) is 2.62. The molecule has 0 amide bonds. The van der Waals surface area contributed by atoms with E-state index in [0.717, 1.165) is 5.69 Å². The summed E-state index contributed by atoms with van der Waals surface area (Å²) in [4.78, 5) is 15.7. The first-order chi connectivity index (χ1) is 12.5. The number of phenols is 1. The highest BCUT2D eigenvalue weighted by Gasteiger charge is 2.31. The van der Waals surface area contributed by atoms with Crippen molar-refractivity contribution in [3.63, 3.8) is 0 Å². The van der Waals surface area contributed by atoms with Crippen LogP contribution in [0.5, 0.6) is 11.5 Å². The number of halogens is 1. The molecule has 1 aliphatic heterocycles. The predicted octanol–water partition coefficient (Wildman–Crippen LogP) is 2.49. The number of benzene rings is 2. The van der Waals surface area contributed by atoms with Crippen LogP contribution in [0.1, 0.15) is 11.6 Å². The number of aliphatic carboxylic acids is 1. The lowest BCUT2D eigenvalue weighted by Crippen LogP contribution is -2.49. The Hall–Kier alpha value is -2.80. The van der Waals surface area contributed by atoms with Crippen molar-refractivity contribution in [2.45, 2.75) is 6.04 Å². The van der Waals surface area contributed by atoms with Gasteiger partial charge in [0.2, 0.25) is 0 Å². The quantitative estimate of drug-likeness (QED) is 0.854. The minimum atomic E-state index is -1.03. The van der Waals surface area contributed by atoms with Gasteiger partial charge in [-0.05, 0) is 29.8 Å². The number of anilines is 1. The minimum absolute atomic E-state index is 0.200. The van der Waals surface area contributed by atoms with E-state index in [1.165, 1.54) is 19.2 Å². The van der Waals surface area contributed by atoms with E-state index in [1.807, 2.05) is 17.0 Å². The van der Waals surface area contributed by atoms with E-state index in [9.17, 15) is 19.4 Å². The molecule has 1 unspecified atom stereocenters. The normalized spacial score (nSPS) is 16.3. The summed E-state index contributed by atoms with van der Waals surface area (Å²) >= 11 is 0. The Morgan fingerprint density at radius 1 is 1.15 bits per heavy atom. The number of nitrogens with zero attached hydrogens (tertiary/aromatic N) is 2. The lowest BCUT2D eigenvalue weighted by atomic mass is 10.0. The third kappa shape index (κ3) is 3.72. The van der Waals surface area contributed by atoms with E-state index in [0.29, 0.717) is 37.5 Å². The molecule has 2 aromatic rings. The van der Waals surface area contributed by atoms with Gasteiger partial charge in [0, 0.05) is 32.2 Å². The Morgan fingerprint density at radius 3 is 2.46 bits per heavy atom. The number of aromatic hydroxyl groups is 1. The van der Waals surface area contributed by atoms with Gasteiger partial charge in [-0.2, -0.15) is 0 Å². The number of rotatable bonds is 5. The van der Waals surface area contributed by atoms with Gasteiger partial charge in [0.15, 0.2) is 0 Å². The fraction of sp³-hybridized carbons (Fsp3) is 0.316. The van der Waals surface area contributed by atoms with Crippen molar-refractivity contribution in [2.24, 2.45) is 0 Å². The zero-order valence-corrected chi connectivity index (χ0v) is 14.4. The summed E-state index contributed by atoms with van der Waals surface area (Å²) < 4.78 is 18.9. The second-order valence-corrected chi connectivity index (χ2v) is 6.18. The highest BCUT2D eigenvalue weighted by molar-refractivity contribution is 5.76. The van der Waals surface area contributed by atoms with Crippen LogP contribution in [-0.2, 0) is 4.79 Å². The molecule has 1 saturated heterocycles. The topological polar surface area (TPSA) is 73.2 Å². The van der Waals surface area contributed by atoms with Crippen LogP contribution in [0.15, 0.2) is 42.5 Å². The number of piperazine rings is 1. The molecule has 7 heteroatoms. The Bertz CT molecular complexity index is 791.